The Balaban J connectivity index is 2.14. The van der Waals surface area contributed by atoms with Gasteiger partial charge in [0.1, 0.15) is 5.75 Å². The van der Waals surface area contributed by atoms with Crippen LogP contribution in [0.15, 0.2) is 24.4 Å². The molecular formula is C15H19N3O2. The van der Waals surface area contributed by atoms with E-state index in [9.17, 15) is 4.79 Å². The maximum atomic E-state index is 12.1. The predicted molar refractivity (Wildman–Crippen MR) is 78.2 cm³/mol. The topological polar surface area (TPSA) is 67.0 Å². The fourth-order valence-corrected chi connectivity index (χ4v) is 1.89. The molecule has 0 aliphatic carbocycles. The van der Waals surface area contributed by atoms with E-state index < -0.39 is 0 Å². The summed E-state index contributed by atoms with van der Waals surface area (Å²) in [5.41, 5.74) is 3.02. The average Bonchev–Trinajstić information content (AvgIpc) is 2.78. The van der Waals surface area contributed by atoms with Gasteiger partial charge in [-0.2, -0.15) is 5.10 Å². The summed E-state index contributed by atoms with van der Waals surface area (Å²) in [6.45, 7) is 7.71. The van der Waals surface area contributed by atoms with E-state index in [1.165, 1.54) is 6.20 Å². The molecule has 0 bridgehead atoms. The Kier molecular flexibility index (Phi) is 4.08. The van der Waals surface area contributed by atoms with Gasteiger partial charge in [-0.25, -0.2) is 0 Å². The first-order chi connectivity index (χ1) is 9.47. The lowest BCUT2D eigenvalue weighted by Gasteiger charge is -2.13. The Bertz CT molecular complexity index is 617. The lowest BCUT2D eigenvalue weighted by molar-refractivity contribution is 0.102. The Morgan fingerprint density at radius 2 is 2.10 bits per heavy atom. The first kappa shape index (κ1) is 14.1. The molecule has 2 rings (SSSR count). The molecule has 0 aliphatic rings. The van der Waals surface area contributed by atoms with Crippen LogP contribution in [0, 0.1) is 13.8 Å². The van der Waals surface area contributed by atoms with Crippen LogP contribution < -0.4 is 10.1 Å². The summed E-state index contributed by atoms with van der Waals surface area (Å²) >= 11 is 0. The number of carbonyl (C=O) groups is 1. The zero-order valence-electron chi connectivity index (χ0n) is 12.2. The third-order valence-corrected chi connectivity index (χ3v) is 2.89. The minimum absolute atomic E-state index is 0.128. The van der Waals surface area contributed by atoms with E-state index in [1.54, 1.807) is 0 Å². The molecule has 0 spiro atoms. The molecule has 1 amide bonds. The van der Waals surface area contributed by atoms with E-state index in [1.807, 2.05) is 45.9 Å². The highest BCUT2D eigenvalue weighted by Crippen LogP contribution is 2.23. The van der Waals surface area contributed by atoms with Crippen LogP contribution in [0.5, 0.6) is 5.75 Å². The molecule has 0 atom stereocenters. The van der Waals surface area contributed by atoms with Crippen molar-refractivity contribution in [3.05, 3.63) is 41.2 Å². The number of aromatic nitrogens is 2. The molecule has 0 fully saturated rings. The van der Waals surface area contributed by atoms with Crippen molar-refractivity contribution in [3.8, 4) is 5.75 Å². The van der Waals surface area contributed by atoms with Crippen molar-refractivity contribution < 1.29 is 9.53 Å². The number of hydrogen-bond donors (Lipinski definition) is 2. The van der Waals surface area contributed by atoms with Crippen molar-refractivity contribution in [2.45, 2.75) is 33.8 Å². The number of anilines is 1. The molecule has 1 heterocycles. The molecule has 1 aromatic carbocycles. The summed E-state index contributed by atoms with van der Waals surface area (Å²) in [4.78, 5) is 12.1. The second kappa shape index (κ2) is 5.77. The Morgan fingerprint density at radius 3 is 2.65 bits per heavy atom. The van der Waals surface area contributed by atoms with Crippen molar-refractivity contribution in [1.29, 1.82) is 0 Å². The molecular weight excluding hydrogens is 254 g/mol. The van der Waals surface area contributed by atoms with Gasteiger partial charge in [0.05, 0.1) is 17.9 Å². The van der Waals surface area contributed by atoms with Gasteiger partial charge < -0.3 is 10.1 Å². The minimum atomic E-state index is -0.170. The van der Waals surface area contributed by atoms with Crippen molar-refractivity contribution in [2.24, 2.45) is 0 Å². The van der Waals surface area contributed by atoms with Crippen molar-refractivity contribution in [1.82, 2.24) is 10.2 Å². The normalized spacial score (nSPS) is 10.7. The van der Waals surface area contributed by atoms with Gasteiger partial charge >= 0.3 is 0 Å². The SMILES string of the molecule is Cc1cc(OC(C)C)ccc1NC(=O)c1cn[nH]c1C. The zero-order chi connectivity index (χ0) is 14.7. The lowest BCUT2D eigenvalue weighted by Crippen LogP contribution is -2.13. The van der Waals surface area contributed by atoms with Crippen LogP contribution in [0.4, 0.5) is 5.69 Å². The second-order valence-corrected chi connectivity index (χ2v) is 5.01. The summed E-state index contributed by atoms with van der Waals surface area (Å²) in [6.07, 6.45) is 1.65. The monoisotopic (exact) mass is 273 g/mol. The van der Waals surface area contributed by atoms with E-state index in [2.05, 4.69) is 15.5 Å². The van der Waals surface area contributed by atoms with Gasteiger partial charge in [0.2, 0.25) is 0 Å². The number of nitrogens with one attached hydrogen (secondary N) is 2. The van der Waals surface area contributed by atoms with Crippen molar-refractivity contribution in [2.75, 3.05) is 5.32 Å². The van der Waals surface area contributed by atoms with E-state index >= 15 is 0 Å². The number of benzene rings is 1. The number of ether oxygens (including phenoxy) is 1. The number of amides is 1. The molecule has 1 aromatic heterocycles. The molecule has 2 aromatic rings. The van der Waals surface area contributed by atoms with E-state index in [0.717, 1.165) is 22.7 Å². The molecule has 0 radical (unpaired) electrons. The number of H-pyrrole nitrogens is 1. The number of hydrogen-bond acceptors (Lipinski definition) is 3. The summed E-state index contributed by atoms with van der Waals surface area (Å²) < 4.78 is 5.62. The standard InChI is InChI=1S/C15H19N3O2/c1-9(2)20-12-5-6-14(10(3)7-12)17-15(19)13-8-16-18-11(13)4/h5-9H,1-4H3,(H,16,18)(H,17,19). The van der Waals surface area contributed by atoms with Crippen LogP contribution in [-0.2, 0) is 0 Å². The van der Waals surface area contributed by atoms with Crippen LogP contribution >= 0.6 is 0 Å². The minimum Gasteiger partial charge on any atom is -0.491 e. The lowest BCUT2D eigenvalue weighted by atomic mass is 10.1. The molecule has 0 unspecified atom stereocenters. The number of rotatable bonds is 4. The highest BCUT2D eigenvalue weighted by atomic mass is 16.5. The predicted octanol–water partition coefficient (Wildman–Crippen LogP) is 3.07. The largest absolute Gasteiger partial charge is 0.491 e. The Morgan fingerprint density at radius 1 is 1.35 bits per heavy atom. The fourth-order valence-electron chi connectivity index (χ4n) is 1.89. The van der Waals surface area contributed by atoms with Gasteiger partial charge in [-0.15, -0.1) is 0 Å². The summed E-state index contributed by atoms with van der Waals surface area (Å²) in [6, 6.07) is 5.61. The third-order valence-electron chi connectivity index (χ3n) is 2.89. The maximum Gasteiger partial charge on any atom is 0.259 e. The van der Waals surface area contributed by atoms with Gasteiger partial charge in [0.25, 0.3) is 5.91 Å². The highest BCUT2D eigenvalue weighted by molar-refractivity contribution is 6.05. The molecule has 0 saturated carbocycles. The second-order valence-electron chi connectivity index (χ2n) is 5.01. The molecule has 20 heavy (non-hydrogen) atoms. The van der Waals surface area contributed by atoms with E-state index in [-0.39, 0.29) is 12.0 Å². The maximum absolute atomic E-state index is 12.1. The van der Waals surface area contributed by atoms with Crippen molar-refractivity contribution >= 4 is 11.6 Å². The van der Waals surface area contributed by atoms with E-state index in [0.29, 0.717) is 5.56 Å². The van der Waals surface area contributed by atoms with Crippen LogP contribution in [0.3, 0.4) is 0 Å². The Hall–Kier alpha value is -2.30. The molecule has 0 saturated heterocycles. The number of nitrogens with zero attached hydrogens (tertiary/aromatic N) is 1. The molecule has 106 valence electrons. The van der Waals surface area contributed by atoms with Crippen LogP contribution in [0.1, 0.15) is 35.5 Å². The summed E-state index contributed by atoms with van der Waals surface area (Å²) in [7, 11) is 0. The van der Waals surface area contributed by atoms with Crippen LogP contribution in [-0.4, -0.2) is 22.2 Å². The van der Waals surface area contributed by atoms with Gasteiger partial charge in [0, 0.05) is 11.4 Å². The first-order valence-electron chi connectivity index (χ1n) is 6.56. The van der Waals surface area contributed by atoms with Gasteiger partial charge in [0.15, 0.2) is 0 Å². The average molecular weight is 273 g/mol. The number of aryl methyl sites for hydroxylation is 2. The smallest absolute Gasteiger partial charge is 0.259 e. The third kappa shape index (κ3) is 3.17. The fraction of sp³-hybridized carbons (Fsp3) is 0.333. The van der Waals surface area contributed by atoms with Crippen LogP contribution in [0.2, 0.25) is 0 Å². The highest BCUT2D eigenvalue weighted by Gasteiger charge is 2.12. The van der Waals surface area contributed by atoms with Crippen LogP contribution in [0.25, 0.3) is 0 Å². The summed E-state index contributed by atoms with van der Waals surface area (Å²) in [5, 5.41) is 9.48. The van der Waals surface area contributed by atoms with Gasteiger partial charge in [-0.1, -0.05) is 0 Å². The molecule has 0 aliphatic heterocycles. The molecule has 5 nitrogen and oxygen atoms in total. The number of carbonyl (C=O) groups excluding carboxylic acids is 1. The quantitative estimate of drug-likeness (QED) is 0.899. The van der Waals surface area contributed by atoms with E-state index in [4.69, 9.17) is 4.74 Å². The first-order valence-corrected chi connectivity index (χ1v) is 6.56. The molecule has 5 heteroatoms. The zero-order valence-corrected chi connectivity index (χ0v) is 12.2. The van der Waals surface area contributed by atoms with Gasteiger partial charge in [-0.05, 0) is 51.5 Å². The van der Waals surface area contributed by atoms with Crippen molar-refractivity contribution in [3.63, 3.8) is 0 Å². The summed E-state index contributed by atoms with van der Waals surface area (Å²) in [5.74, 6) is 0.631. The van der Waals surface area contributed by atoms with Gasteiger partial charge in [-0.3, -0.25) is 9.89 Å². The molecule has 2 N–H and O–H groups in total. The Labute approximate surface area is 118 Å². The number of aromatic amines is 1.